The van der Waals surface area contributed by atoms with Crippen molar-refractivity contribution < 1.29 is 4.74 Å². The molecule has 0 atom stereocenters. The van der Waals surface area contributed by atoms with Gasteiger partial charge in [0, 0.05) is 0 Å². The molecule has 1 aromatic rings. The number of hydrogen-bond acceptors (Lipinski definition) is 4. The lowest BCUT2D eigenvalue weighted by molar-refractivity contribution is 0.635. The van der Waals surface area contributed by atoms with Gasteiger partial charge in [0.05, 0.1) is 6.20 Å². The molecule has 0 aromatic carbocycles. The van der Waals surface area contributed by atoms with Crippen molar-refractivity contribution in [3.8, 4) is 11.6 Å². The van der Waals surface area contributed by atoms with E-state index in [0.717, 1.165) is 5.75 Å². The summed E-state index contributed by atoms with van der Waals surface area (Å²) < 4.78 is 4.76. The molecule has 0 unspecified atom stereocenters. The minimum absolute atomic E-state index is 0.265. The highest BCUT2D eigenvalue weighted by molar-refractivity contribution is 5.48. The summed E-state index contributed by atoms with van der Waals surface area (Å²) in [4.78, 5) is 7.38. The maximum absolute atomic E-state index is 5.19. The van der Waals surface area contributed by atoms with Gasteiger partial charge in [0.2, 0.25) is 11.7 Å². The third-order valence-electron chi connectivity index (χ3n) is 0.906. The van der Waals surface area contributed by atoms with Gasteiger partial charge in [-0.15, -0.1) is 0 Å². The summed E-state index contributed by atoms with van der Waals surface area (Å²) in [6.45, 7) is 0. The van der Waals surface area contributed by atoms with Crippen molar-refractivity contribution in [1.29, 1.82) is 0 Å². The molecule has 4 nitrogen and oxygen atoms in total. The number of ether oxygens (including phenoxy) is 1. The first-order chi connectivity index (χ1) is 3.86. The van der Waals surface area contributed by atoms with Gasteiger partial charge < -0.3 is 10.5 Å². The van der Waals surface area contributed by atoms with Crippen LogP contribution in [-0.2, 0) is 0 Å². The molecule has 2 rings (SSSR count). The third-order valence-corrected chi connectivity index (χ3v) is 0.906. The Kier molecular flexibility index (Phi) is 0.417. The van der Waals surface area contributed by atoms with Crippen molar-refractivity contribution in [2.24, 2.45) is 0 Å². The molecule has 4 heteroatoms. The molecule has 40 valence electrons. The summed E-state index contributed by atoms with van der Waals surface area (Å²) in [5, 5.41) is 0. The molecule has 0 fully saturated rings. The number of hydrogen-bond donors (Lipinski definition) is 1. The predicted octanol–water partition coefficient (Wildman–Crippen LogP) is 0.164. The number of aromatic nitrogens is 2. The van der Waals surface area contributed by atoms with Crippen LogP contribution in [0.5, 0.6) is 11.6 Å². The quantitative estimate of drug-likeness (QED) is 0.489. The van der Waals surface area contributed by atoms with Gasteiger partial charge in [0.1, 0.15) is 0 Å². The monoisotopic (exact) mass is 109 g/mol. The van der Waals surface area contributed by atoms with E-state index < -0.39 is 0 Å². The zero-order chi connectivity index (χ0) is 5.56. The Labute approximate surface area is 45.3 Å². The van der Waals surface area contributed by atoms with E-state index in [-0.39, 0.29) is 5.95 Å². The van der Waals surface area contributed by atoms with Crippen LogP contribution >= 0.6 is 0 Å². The summed E-state index contributed by atoms with van der Waals surface area (Å²) in [6, 6.07) is 0. The first kappa shape index (κ1) is 3.65. The van der Waals surface area contributed by atoms with E-state index in [0.29, 0.717) is 5.88 Å². The molecule has 0 aliphatic carbocycles. The molecule has 1 aliphatic rings. The summed E-state index contributed by atoms with van der Waals surface area (Å²) in [5.74, 6) is 1.61. The van der Waals surface area contributed by atoms with E-state index >= 15 is 0 Å². The Balaban J connectivity index is 2.64. The average Bonchev–Trinajstić information content (AvgIpc) is 2.43. The van der Waals surface area contributed by atoms with Crippen LogP contribution in [0.25, 0.3) is 0 Å². The van der Waals surface area contributed by atoms with Crippen LogP contribution in [0.2, 0.25) is 0 Å². The van der Waals surface area contributed by atoms with Crippen molar-refractivity contribution >= 4 is 5.95 Å². The van der Waals surface area contributed by atoms with Crippen molar-refractivity contribution in [3.63, 3.8) is 0 Å². The lowest BCUT2D eigenvalue weighted by Crippen LogP contribution is -1.88. The molecule has 2 N–H and O–H groups in total. The fraction of sp³-hybridized carbons (Fsp3) is 0. The molecule has 0 saturated carbocycles. The van der Waals surface area contributed by atoms with Crippen molar-refractivity contribution in [3.05, 3.63) is 6.20 Å². The minimum Gasteiger partial charge on any atom is -0.428 e. The minimum atomic E-state index is 0.265. The molecule has 1 aliphatic heterocycles. The fourth-order valence-electron chi connectivity index (χ4n) is 0.496. The summed E-state index contributed by atoms with van der Waals surface area (Å²) in [6.07, 6.45) is 1.55. The van der Waals surface area contributed by atoms with E-state index in [1.165, 1.54) is 0 Å². The molecule has 0 radical (unpaired) electrons. The van der Waals surface area contributed by atoms with Gasteiger partial charge in [-0.25, -0.2) is 4.98 Å². The molecule has 0 spiro atoms. The standard InChI is InChI=1S/C4H3N3O/c5-4-6-1-2-3(7-4)8-2/h1H,(H2,5,6,7). The Bertz CT molecular complexity index is 234. The van der Waals surface area contributed by atoms with Crippen LogP contribution in [0.3, 0.4) is 0 Å². The second-order valence-corrected chi connectivity index (χ2v) is 1.50. The number of nitrogens with zero attached hydrogens (tertiary/aromatic N) is 2. The number of anilines is 1. The number of fused-ring (bicyclic) bond motifs is 1. The Hall–Kier alpha value is -1.32. The summed E-state index contributed by atoms with van der Waals surface area (Å²) in [5.41, 5.74) is 5.19. The second-order valence-electron chi connectivity index (χ2n) is 1.50. The summed E-state index contributed by atoms with van der Waals surface area (Å²) >= 11 is 0. The molecular weight excluding hydrogens is 106 g/mol. The molecule has 8 heavy (non-hydrogen) atoms. The van der Waals surface area contributed by atoms with Gasteiger partial charge in [0.15, 0.2) is 0 Å². The van der Waals surface area contributed by atoms with Crippen molar-refractivity contribution in [1.82, 2.24) is 9.97 Å². The molecule has 0 amide bonds. The second kappa shape index (κ2) is 0.912. The van der Waals surface area contributed by atoms with Gasteiger partial charge in [-0.1, -0.05) is 0 Å². The predicted molar refractivity (Wildman–Crippen MR) is 26.5 cm³/mol. The third kappa shape index (κ3) is 0.339. The zero-order valence-electron chi connectivity index (χ0n) is 3.96. The Morgan fingerprint density at radius 2 is 2.50 bits per heavy atom. The highest BCUT2D eigenvalue weighted by atomic mass is 16.6. The molecule has 0 saturated heterocycles. The first-order valence-corrected chi connectivity index (χ1v) is 2.16. The highest BCUT2D eigenvalue weighted by Gasteiger charge is 2.21. The van der Waals surface area contributed by atoms with Gasteiger partial charge in [-0.3, -0.25) is 0 Å². The molecule has 1 aromatic heterocycles. The topological polar surface area (TPSA) is 64.3 Å². The normalized spacial score (nSPS) is 12.0. The van der Waals surface area contributed by atoms with Crippen LogP contribution in [0.1, 0.15) is 0 Å². The van der Waals surface area contributed by atoms with Gasteiger partial charge in [-0.2, -0.15) is 4.98 Å². The van der Waals surface area contributed by atoms with E-state index in [9.17, 15) is 0 Å². The van der Waals surface area contributed by atoms with Gasteiger partial charge >= 0.3 is 0 Å². The first-order valence-electron chi connectivity index (χ1n) is 2.16. The SMILES string of the molecule is Nc1ncc2c(n1)O2. The highest BCUT2D eigenvalue weighted by Crippen LogP contribution is 2.41. The van der Waals surface area contributed by atoms with Crippen LogP contribution in [-0.4, -0.2) is 9.97 Å². The maximum Gasteiger partial charge on any atom is 0.268 e. The van der Waals surface area contributed by atoms with Crippen LogP contribution < -0.4 is 10.5 Å². The Morgan fingerprint density at radius 3 is 3.12 bits per heavy atom. The van der Waals surface area contributed by atoms with Crippen LogP contribution in [0, 0.1) is 0 Å². The van der Waals surface area contributed by atoms with E-state index in [4.69, 9.17) is 10.5 Å². The van der Waals surface area contributed by atoms with Crippen molar-refractivity contribution in [2.45, 2.75) is 0 Å². The van der Waals surface area contributed by atoms with Crippen LogP contribution in [0.4, 0.5) is 5.95 Å². The zero-order valence-corrected chi connectivity index (χ0v) is 3.96. The maximum atomic E-state index is 5.19. The number of rotatable bonds is 0. The van der Waals surface area contributed by atoms with Gasteiger partial charge in [0.25, 0.3) is 5.88 Å². The molecule has 2 heterocycles. The molecular formula is C4H3N3O. The summed E-state index contributed by atoms with van der Waals surface area (Å²) in [7, 11) is 0. The number of nitrogens with two attached hydrogens (primary N) is 1. The van der Waals surface area contributed by atoms with E-state index in [1.54, 1.807) is 6.20 Å². The van der Waals surface area contributed by atoms with Crippen LogP contribution in [0.15, 0.2) is 6.20 Å². The lowest BCUT2D eigenvalue weighted by Gasteiger charge is -1.77. The van der Waals surface area contributed by atoms with E-state index in [2.05, 4.69) is 9.97 Å². The lowest BCUT2D eigenvalue weighted by atomic mass is 10.7. The number of nitrogen functional groups attached to an aromatic ring is 1. The fourth-order valence-corrected chi connectivity index (χ4v) is 0.496. The Morgan fingerprint density at radius 1 is 1.62 bits per heavy atom. The molecule has 0 bridgehead atoms. The van der Waals surface area contributed by atoms with Crippen molar-refractivity contribution in [2.75, 3.05) is 5.73 Å². The smallest absolute Gasteiger partial charge is 0.268 e. The largest absolute Gasteiger partial charge is 0.428 e. The van der Waals surface area contributed by atoms with Gasteiger partial charge in [-0.05, 0) is 0 Å². The van der Waals surface area contributed by atoms with E-state index in [1.807, 2.05) is 0 Å². The average molecular weight is 109 g/mol.